The van der Waals surface area contributed by atoms with Crippen molar-refractivity contribution in [2.24, 2.45) is 0 Å². The van der Waals surface area contributed by atoms with Crippen LogP contribution in [0.15, 0.2) is 60.7 Å². The van der Waals surface area contributed by atoms with Gasteiger partial charge in [-0.1, -0.05) is 18.2 Å². The molecule has 172 valence electrons. The molecule has 1 saturated heterocycles. The number of para-hydroxylation sites is 1. The smallest absolute Gasteiger partial charge is 0.262 e. The van der Waals surface area contributed by atoms with Crippen LogP contribution in [0.5, 0.6) is 11.6 Å². The van der Waals surface area contributed by atoms with E-state index in [1.807, 2.05) is 32.0 Å². The monoisotopic (exact) mass is 447 g/mol. The lowest BCUT2D eigenvalue weighted by Gasteiger charge is -2.36. The number of aromatic nitrogens is 2. The van der Waals surface area contributed by atoms with Crippen LogP contribution >= 0.6 is 0 Å². The van der Waals surface area contributed by atoms with Crippen molar-refractivity contribution in [3.05, 3.63) is 66.4 Å². The summed E-state index contributed by atoms with van der Waals surface area (Å²) in [6.45, 7) is 7.71. The Kier molecular flexibility index (Phi) is 7.24. The van der Waals surface area contributed by atoms with E-state index in [2.05, 4.69) is 49.4 Å². The van der Waals surface area contributed by atoms with Gasteiger partial charge < -0.3 is 24.6 Å². The Hall–Kier alpha value is -3.81. The highest BCUT2D eigenvalue weighted by molar-refractivity contribution is 5.91. The van der Waals surface area contributed by atoms with E-state index in [0.29, 0.717) is 24.1 Å². The fourth-order valence-corrected chi connectivity index (χ4v) is 3.68. The van der Waals surface area contributed by atoms with Gasteiger partial charge in [-0.2, -0.15) is 4.98 Å². The molecule has 3 aromatic rings. The van der Waals surface area contributed by atoms with Crippen LogP contribution in [0.2, 0.25) is 0 Å². The van der Waals surface area contributed by atoms with E-state index in [4.69, 9.17) is 9.47 Å². The molecule has 2 heterocycles. The number of hydrogen-bond donors (Lipinski definition) is 1. The van der Waals surface area contributed by atoms with Crippen molar-refractivity contribution in [3.8, 4) is 11.6 Å². The highest BCUT2D eigenvalue weighted by Crippen LogP contribution is 2.21. The standard InChI is InChI=1S/C25H29N5O3/c1-3-32-22-11-9-20(10-12-22)27-23(31)18-33-24-17-19(2)26-25(28-24)30-15-13-29(14-16-30)21-7-5-4-6-8-21/h4-12,17H,3,13-16,18H2,1-2H3,(H,27,31). The third-order valence-corrected chi connectivity index (χ3v) is 5.30. The minimum atomic E-state index is -0.256. The average molecular weight is 448 g/mol. The first kappa shape index (κ1) is 22.4. The number of hydrogen-bond acceptors (Lipinski definition) is 7. The SMILES string of the molecule is CCOc1ccc(NC(=O)COc2cc(C)nc(N3CCN(c4ccccc4)CC3)n2)cc1. The van der Waals surface area contributed by atoms with Crippen LogP contribution in [-0.4, -0.2) is 55.3 Å². The minimum absolute atomic E-state index is 0.134. The number of nitrogens with one attached hydrogen (secondary N) is 1. The first-order valence-electron chi connectivity index (χ1n) is 11.2. The molecular weight excluding hydrogens is 418 g/mol. The molecule has 0 atom stereocenters. The molecule has 0 spiro atoms. The number of benzene rings is 2. The lowest BCUT2D eigenvalue weighted by molar-refractivity contribution is -0.118. The van der Waals surface area contributed by atoms with Crippen molar-refractivity contribution >= 4 is 23.2 Å². The maximum absolute atomic E-state index is 12.3. The Morgan fingerprint density at radius 2 is 1.64 bits per heavy atom. The van der Waals surface area contributed by atoms with Crippen molar-refractivity contribution in [1.29, 1.82) is 0 Å². The predicted octanol–water partition coefficient (Wildman–Crippen LogP) is 3.53. The summed E-state index contributed by atoms with van der Waals surface area (Å²) in [5.74, 6) is 1.53. The first-order valence-corrected chi connectivity index (χ1v) is 11.2. The van der Waals surface area contributed by atoms with Crippen LogP contribution in [0.1, 0.15) is 12.6 Å². The van der Waals surface area contributed by atoms with Crippen LogP contribution < -0.4 is 24.6 Å². The molecule has 33 heavy (non-hydrogen) atoms. The van der Waals surface area contributed by atoms with Crippen LogP contribution in [0.25, 0.3) is 0 Å². The zero-order chi connectivity index (χ0) is 23.0. The second kappa shape index (κ2) is 10.7. The number of piperazine rings is 1. The molecular formula is C25H29N5O3. The van der Waals surface area contributed by atoms with E-state index in [0.717, 1.165) is 37.6 Å². The van der Waals surface area contributed by atoms with Gasteiger partial charge in [-0.3, -0.25) is 4.79 Å². The van der Waals surface area contributed by atoms with Gasteiger partial charge in [0, 0.05) is 49.3 Å². The van der Waals surface area contributed by atoms with Gasteiger partial charge in [0.05, 0.1) is 6.61 Å². The number of aryl methyl sites for hydroxylation is 1. The molecule has 1 aliphatic heterocycles. The Morgan fingerprint density at radius 1 is 0.939 bits per heavy atom. The molecule has 4 rings (SSSR count). The van der Waals surface area contributed by atoms with E-state index in [-0.39, 0.29) is 12.5 Å². The maximum atomic E-state index is 12.3. The molecule has 8 nitrogen and oxygen atoms in total. The number of amides is 1. The van der Waals surface area contributed by atoms with Crippen LogP contribution in [0.3, 0.4) is 0 Å². The fourth-order valence-electron chi connectivity index (χ4n) is 3.68. The maximum Gasteiger partial charge on any atom is 0.262 e. The molecule has 1 N–H and O–H groups in total. The molecule has 1 aliphatic rings. The number of carbonyl (C=O) groups is 1. The van der Waals surface area contributed by atoms with Gasteiger partial charge in [0.15, 0.2) is 6.61 Å². The van der Waals surface area contributed by atoms with Gasteiger partial charge in [-0.15, -0.1) is 0 Å². The van der Waals surface area contributed by atoms with Crippen LogP contribution in [0.4, 0.5) is 17.3 Å². The molecule has 1 amide bonds. The molecule has 0 saturated carbocycles. The van der Waals surface area contributed by atoms with Gasteiger partial charge in [0.2, 0.25) is 11.8 Å². The quantitative estimate of drug-likeness (QED) is 0.566. The second-order valence-electron chi connectivity index (χ2n) is 7.75. The minimum Gasteiger partial charge on any atom is -0.494 e. The third-order valence-electron chi connectivity index (χ3n) is 5.30. The Bertz CT molecular complexity index is 1050. The summed E-state index contributed by atoms with van der Waals surface area (Å²) >= 11 is 0. The topological polar surface area (TPSA) is 79.8 Å². The number of nitrogens with zero attached hydrogens (tertiary/aromatic N) is 4. The summed E-state index contributed by atoms with van der Waals surface area (Å²) in [6, 6.07) is 19.4. The normalized spacial score (nSPS) is 13.5. The number of rotatable bonds is 8. The number of ether oxygens (including phenoxy) is 2. The molecule has 0 unspecified atom stereocenters. The lowest BCUT2D eigenvalue weighted by Crippen LogP contribution is -2.47. The molecule has 8 heteroatoms. The van der Waals surface area contributed by atoms with E-state index in [9.17, 15) is 4.79 Å². The van der Waals surface area contributed by atoms with Gasteiger partial charge >= 0.3 is 0 Å². The van der Waals surface area contributed by atoms with Gasteiger partial charge in [0.25, 0.3) is 5.91 Å². The van der Waals surface area contributed by atoms with Gasteiger partial charge in [-0.05, 0) is 50.2 Å². The average Bonchev–Trinajstić information content (AvgIpc) is 2.84. The highest BCUT2D eigenvalue weighted by atomic mass is 16.5. The predicted molar refractivity (Wildman–Crippen MR) is 129 cm³/mol. The highest BCUT2D eigenvalue weighted by Gasteiger charge is 2.20. The fraction of sp³-hybridized carbons (Fsp3) is 0.320. The summed E-state index contributed by atoms with van der Waals surface area (Å²) in [7, 11) is 0. The van der Waals surface area contributed by atoms with Gasteiger partial charge in [-0.25, -0.2) is 4.98 Å². The van der Waals surface area contributed by atoms with Crippen molar-refractivity contribution in [2.75, 3.05) is 54.5 Å². The first-order chi connectivity index (χ1) is 16.1. The number of carbonyl (C=O) groups excluding carboxylic acids is 1. The summed E-state index contributed by atoms with van der Waals surface area (Å²) in [6.07, 6.45) is 0. The van der Waals surface area contributed by atoms with Crippen molar-refractivity contribution in [3.63, 3.8) is 0 Å². The van der Waals surface area contributed by atoms with Crippen molar-refractivity contribution in [1.82, 2.24) is 9.97 Å². The van der Waals surface area contributed by atoms with Crippen LogP contribution in [-0.2, 0) is 4.79 Å². The molecule has 0 aliphatic carbocycles. The van der Waals surface area contributed by atoms with E-state index in [1.54, 1.807) is 18.2 Å². The lowest BCUT2D eigenvalue weighted by atomic mass is 10.2. The summed E-state index contributed by atoms with van der Waals surface area (Å²) in [5, 5.41) is 2.82. The summed E-state index contributed by atoms with van der Waals surface area (Å²) < 4.78 is 11.1. The zero-order valence-electron chi connectivity index (χ0n) is 19.0. The largest absolute Gasteiger partial charge is 0.494 e. The van der Waals surface area contributed by atoms with Gasteiger partial charge in [0.1, 0.15) is 5.75 Å². The Balaban J connectivity index is 1.31. The second-order valence-corrected chi connectivity index (χ2v) is 7.75. The molecule has 1 fully saturated rings. The summed E-state index contributed by atoms with van der Waals surface area (Å²) in [4.78, 5) is 25.9. The van der Waals surface area contributed by atoms with Crippen molar-refractivity contribution in [2.45, 2.75) is 13.8 Å². The molecule has 2 aromatic carbocycles. The molecule has 1 aromatic heterocycles. The summed E-state index contributed by atoms with van der Waals surface area (Å²) in [5.41, 5.74) is 2.71. The van der Waals surface area contributed by atoms with Crippen molar-refractivity contribution < 1.29 is 14.3 Å². The molecule has 0 bridgehead atoms. The van der Waals surface area contributed by atoms with Crippen LogP contribution in [0, 0.1) is 6.92 Å². The Labute approximate surface area is 194 Å². The third kappa shape index (κ3) is 6.12. The van der Waals surface area contributed by atoms with E-state index >= 15 is 0 Å². The zero-order valence-corrected chi connectivity index (χ0v) is 19.0. The molecule has 0 radical (unpaired) electrons. The Morgan fingerprint density at radius 3 is 2.33 bits per heavy atom. The number of anilines is 3. The van der Waals surface area contributed by atoms with E-state index in [1.165, 1.54) is 5.69 Å². The van der Waals surface area contributed by atoms with E-state index < -0.39 is 0 Å².